The van der Waals surface area contributed by atoms with E-state index >= 15 is 0 Å². The Hall–Kier alpha value is -1.14. The molecule has 2 unspecified atom stereocenters. The Kier molecular flexibility index (Phi) is 4.89. The molecule has 1 fully saturated rings. The number of rotatable bonds is 5. The Bertz CT molecular complexity index is 294. The van der Waals surface area contributed by atoms with Crippen molar-refractivity contribution in [3.8, 4) is 0 Å². The number of aliphatic carboxylic acids is 1. The second-order valence-corrected chi connectivity index (χ2v) is 4.55. The normalized spacial score (nSPS) is 25.9. The fourth-order valence-electron chi connectivity index (χ4n) is 2.08. The molecule has 0 aliphatic carbocycles. The molecule has 0 aromatic heterocycles. The largest absolute Gasteiger partial charge is 0.480 e. The molecule has 0 bridgehead atoms. The molecule has 1 rings (SSSR count). The Balaban J connectivity index is 2.58. The SMILES string of the molecule is COCC(C)CC(=O)N1CC(O)C[C@H]1C(=O)O. The highest BCUT2D eigenvalue weighted by Gasteiger charge is 2.38. The Morgan fingerprint density at radius 3 is 2.71 bits per heavy atom. The molecular formula is C11H19NO5. The van der Waals surface area contributed by atoms with E-state index in [1.807, 2.05) is 6.92 Å². The van der Waals surface area contributed by atoms with Crippen LogP contribution in [-0.4, -0.2) is 59.4 Å². The number of ether oxygens (including phenoxy) is 1. The predicted octanol–water partition coefficient (Wildman–Crippen LogP) is -0.295. The number of nitrogens with zero attached hydrogens (tertiary/aromatic N) is 1. The summed E-state index contributed by atoms with van der Waals surface area (Å²) in [6, 6.07) is -0.896. The monoisotopic (exact) mass is 245 g/mol. The van der Waals surface area contributed by atoms with E-state index in [4.69, 9.17) is 9.84 Å². The molecule has 6 nitrogen and oxygen atoms in total. The average Bonchev–Trinajstić information content (AvgIpc) is 2.60. The van der Waals surface area contributed by atoms with Gasteiger partial charge in [-0.25, -0.2) is 4.79 Å². The van der Waals surface area contributed by atoms with Crippen molar-refractivity contribution in [1.29, 1.82) is 0 Å². The second kappa shape index (κ2) is 5.97. The van der Waals surface area contributed by atoms with Gasteiger partial charge >= 0.3 is 5.97 Å². The highest BCUT2D eigenvalue weighted by atomic mass is 16.5. The molecule has 0 aromatic rings. The molecule has 6 heteroatoms. The number of aliphatic hydroxyl groups is 1. The first kappa shape index (κ1) is 13.9. The first-order valence-electron chi connectivity index (χ1n) is 5.65. The topological polar surface area (TPSA) is 87.1 Å². The van der Waals surface area contributed by atoms with Gasteiger partial charge in [0.2, 0.25) is 5.91 Å². The lowest BCUT2D eigenvalue weighted by molar-refractivity contribution is -0.148. The van der Waals surface area contributed by atoms with Crippen molar-refractivity contribution in [2.24, 2.45) is 5.92 Å². The molecule has 98 valence electrons. The van der Waals surface area contributed by atoms with E-state index in [0.717, 1.165) is 0 Å². The van der Waals surface area contributed by atoms with Gasteiger partial charge in [-0.2, -0.15) is 0 Å². The smallest absolute Gasteiger partial charge is 0.326 e. The maximum Gasteiger partial charge on any atom is 0.326 e. The molecule has 1 heterocycles. The zero-order valence-corrected chi connectivity index (χ0v) is 10.1. The Morgan fingerprint density at radius 2 is 2.18 bits per heavy atom. The van der Waals surface area contributed by atoms with Crippen LogP contribution in [0.2, 0.25) is 0 Å². The molecule has 1 saturated heterocycles. The molecule has 17 heavy (non-hydrogen) atoms. The van der Waals surface area contributed by atoms with Gasteiger partial charge in [0.25, 0.3) is 0 Å². The number of carbonyl (C=O) groups is 2. The van der Waals surface area contributed by atoms with E-state index in [1.165, 1.54) is 4.90 Å². The summed E-state index contributed by atoms with van der Waals surface area (Å²) < 4.78 is 4.93. The predicted molar refractivity (Wildman–Crippen MR) is 59.4 cm³/mol. The summed E-state index contributed by atoms with van der Waals surface area (Å²) in [5.74, 6) is -1.26. The van der Waals surface area contributed by atoms with Crippen molar-refractivity contribution in [1.82, 2.24) is 4.90 Å². The van der Waals surface area contributed by atoms with Gasteiger partial charge in [0, 0.05) is 33.1 Å². The van der Waals surface area contributed by atoms with Crippen molar-refractivity contribution < 1.29 is 24.5 Å². The number of methoxy groups -OCH3 is 1. The Morgan fingerprint density at radius 1 is 1.53 bits per heavy atom. The standard InChI is InChI=1S/C11H19NO5/c1-7(6-17-2)3-10(14)12-5-8(13)4-9(12)11(15)16/h7-9,13H,3-6H2,1-2H3,(H,15,16)/t7?,8?,9-/m0/s1. The highest BCUT2D eigenvalue weighted by Crippen LogP contribution is 2.20. The van der Waals surface area contributed by atoms with Gasteiger partial charge < -0.3 is 19.8 Å². The minimum atomic E-state index is -1.06. The van der Waals surface area contributed by atoms with Crippen molar-refractivity contribution >= 4 is 11.9 Å². The molecule has 0 spiro atoms. The first-order chi connectivity index (χ1) is 7.95. The van der Waals surface area contributed by atoms with E-state index in [2.05, 4.69) is 0 Å². The molecule has 2 N–H and O–H groups in total. The summed E-state index contributed by atoms with van der Waals surface area (Å²) in [5.41, 5.74) is 0. The summed E-state index contributed by atoms with van der Waals surface area (Å²) in [6.45, 7) is 2.43. The maximum absolute atomic E-state index is 11.9. The van der Waals surface area contributed by atoms with Crippen LogP contribution in [-0.2, 0) is 14.3 Å². The zero-order valence-electron chi connectivity index (χ0n) is 10.1. The van der Waals surface area contributed by atoms with Gasteiger partial charge in [0.1, 0.15) is 6.04 Å². The number of aliphatic hydroxyl groups excluding tert-OH is 1. The lowest BCUT2D eigenvalue weighted by Gasteiger charge is -2.22. The second-order valence-electron chi connectivity index (χ2n) is 4.55. The van der Waals surface area contributed by atoms with Gasteiger partial charge in [0.05, 0.1) is 6.10 Å². The number of carbonyl (C=O) groups excluding carboxylic acids is 1. The highest BCUT2D eigenvalue weighted by molar-refractivity contribution is 5.84. The van der Waals surface area contributed by atoms with Gasteiger partial charge in [-0.05, 0) is 5.92 Å². The first-order valence-corrected chi connectivity index (χ1v) is 5.65. The summed E-state index contributed by atoms with van der Waals surface area (Å²) in [5, 5.41) is 18.4. The van der Waals surface area contributed by atoms with Crippen LogP contribution in [0.3, 0.4) is 0 Å². The van der Waals surface area contributed by atoms with Crippen molar-refractivity contribution in [3.63, 3.8) is 0 Å². The van der Waals surface area contributed by atoms with E-state index < -0.39 is 18.1 Å². The third-order valence-corrected chi connectivity index (χ3v) is 2.86. The average molecular weight is 245 g/mol. The summed E-state index contributed by atoms with van der Waals surface area (Å²) >= 11 is 0. The number of carboxylic acids is 1. The fourth-order valence-corrected chi connectivity index (χ4v) is 2.08. The summed E-state index contributed by atoms with van der Waals surface area (Å²) in [4.78, 5) is 24.1. The minimum absolute atomic E-state index is 0.0414. The zero-order chi connectivity index (χ0) is 13.0. The van der Waals surface area contributed by atoms with Crippen LogP contribution in [0.15, 0.2) is 0 Å². The number of amides is 1. The molecular weight excluding hydrogens is 226 g/mol. The molecule has 0 radical (unpaired) electrons. The Labute approximate surface area is 100 Å². The van der Waals surface area contributed by atoms with Crippen LogP contribution in [0.4, 0.5) is 0 Å². The van der Waals surface area contributed by atoms with Crippen LogP contribution in [0.5, 0.6) is 0 Å². The van der Waals surface area contributed by atoms with E-state index in [0.29, 0.717) is 6.61 Å². The number of carboxylic acid groups (broad SMARTS) is 1. The van der Waals surface area contributed by atoms with Gasteiger partial charge in [-0.15, -0.1) is 0 Å². The van der Waals surface area contributed by atoms with Gasteiger partial charge in [-0.1, -0.05) is 6.92 Å². The van der Waals surface area contributed by atoms with Crippen LogP contribution < -0.4 is 0 Å². The molecule has 1 aliphatic rings. The van der Waals surface area contributed by atoms with E-state index in [1.54, 1.807) is 7.11 Å². The van der Waals surface area contributed by atoms with Crippen molar-refractivity contribution in [2.45, 2.75) is 31.9 Å². The van der Waals surface area contributed by atoms with E-state index in [-0.39, 0.29) is 31.2 Å². The number of likely N-dealkylation sites (tertiary alicyclic amines) is 1. The number of β-amino-alcohol motifs (C(OH)–C–C–N with tert-alkyl or cyclic N) is 1. The third-order valence-electron chi connectivity index (χ3n) is 2.86. The molecule has 0 saturated carbocycles. The van der Waals surface area contributed by atoms with Crippen LogP contribution in [0.1, 0.15) is 19.8 Å². The van der Waals surface area contributed by atoms with Crippen LogP contribution in [0.25, 0.3) is 0 Å². The summed E-state index contributed by atoms with van der Waals surface area (Å²) in [7, 11) is 1.56. The van der Waals surface area contributed by atoms with Gasteiger partial charge in [0.15, 0.2) is 0 Å². The lowest BCUT2D eigenvalue weighted by atomic mass is 10.1. The third kappa shape index (κ3) is 3.67. The fraction of sp³-hybridized carbons (Fsp3) is 0.818. The van der Waals surface area contributed by atoms with Crippen molar-refractivity contribution in [3.05, 3.63) is 0 Å². The van der Waals surface area contributed by atoms with Crippen LogP contribution in [0, 0.1) is 5.92 Å². The van der Waals surface area contributed by atoms with E-state index in [9.17, 15) is 14.7 Å². The lowest BCUT2D eigenvalue weighted by Crippen LogP contribution is -2.41. The van der Waals surface area contributed by atoms with Gasteiger partial charge in [-0.3, -0.25) is 4.79 Å². The minimum Gasteiger partial charge on any atom is -0.480 e. The maximum atomic E-state index is 11.9. The molecule has 1 amide bonds. The number of hydrogen-bond acceptors (Lipinski definition) is 4. The van der Waals surface area contributed by atoms with Crippen molar-refractivity contribution in [2.75, 3.05) is 20.3 Å². The molecule has 0 aromatic carbocycles. The number of hydrogen-bond donors (Lipinski definition) is 2. The summed E-state index contributed by atoms with van der Waals surface area (Å²) in [6.07, 6.45) is -0.387. The molecule has 3 atom stereocenters. The molecule has 1 aliphatic heterocycles. The quantitative estimate of drug-likeness (QED) is 0.694. The van der Waals surface area contributed by atoms with Crippen LogP contribution >= 0.6 is 0 Å².